The molecule has 0 atom stereocenters. The summed E-state index contributed by atoms with van der Waals surface area (Å²) in [5, 5.41) is 4.28. The largest absolute Gasteiger partial charge is 0.359 e. The highest BCUT2D eigenvalue weighted by Crippen LogP contribution is 2.24. The third-order valence-electron chi connectivity index (χ3n) is 4.01. The topological polar surface area (TPSA) is 44.9 Å². The van der Waals surface area contributed by atoms with E-state index in [1.165, 1.54) is 23.9 Å². The summed E-state index contributed by atoms with van der Waals surface area (Å²) < 4.78 is 0. The molecule has 1 amide bonds. The van der Waals surface area contributed by atoms with E-state index in [2.05, 4.69) is 41.5 Å². The number of amides is 1. The number of H-pyrrole nitrogens is 1. The van der Waals surface area contributed by atoms with Crippen molar-refractivity contribution in [2.45, 2.75) is 39.2 Å². The summed E-state index contributed by atoms with van der Waals surface area (Å²) in [4.78, 5) is 15.3. The summed E-state index contributed by atoms with van der Waals surface area (Å²) in [5.41, 5.74) is 3.49. The van der Waals surface area contributed by atoms with Crippen molar-refractivity contribution >= 4 is 16.8 Å². The van der Waals surface area contributed by atoms with Gasteiger partial charge in [-0.05, 0) is 48.9 Å². The maximum absolute atomic E-state index is 12.0. The van der Waals surface area contributed by atoms with Crippen molar-refractivity contribution in [3.63, 3.8) is 0 Å². The second-order valence-corrected chi connectivity index (χ2v) is 5.57. The van der Waals surface area contributed by atoms with E-state index >= 15 is 0 Å². The number of fused-ring (bicyclic) bond motifs is 1. The number of hydrogen-bond acceptors (Lipinski definition) is 1. The van der Waals surface area contributed by atoms with E-state index in [0.29, 0.717) is 6.54 Å². The molecule has 1 fully saturated rings. The van der Waals surface area contributed by atoms with E-state index in [0.717, 1.165) is 23.9 Å². The number of carbonyl (C=O) groups excluding carboxylic acids is 1. The number of aryl methyl sites for hydroxylation is 1. The summed E-state index contributed by atoms with van der Waals surface area (Å²) in [6.45, 7) is 2.69. The van der Waals surface area contributed by atoms with Gasteiger partial charge in [-0.1, -0.05) is 18.9 Å². The Morgan fingerprint density at radius 2 is 2.11 bits per heavy atom. The molecule has 3 nitrogen and oxygen atoms in total. The fraction of sp³-hybridized carbons (Fsp3) is 0.438. The summed E-state index contributed by atoms with van der Waals surface area (Å²) in [6.07, 6.45) is 4.52. The van der Waals surface area contributed by atoms with Crippen molar-refractivity contribution in [3.05, 3.63) is 35.5 Å². The van der Waals surface area contributed by atoms with Gasteiger partial charge in [0.15, 0.2) is 0 Å². The van der Waals surface area contributed by atoms with E-state index in [4.69, 9.17) is 0 Å². The molecule has 2 N–H and O–H groups in total. The zero-order valence-corrected chi connectivity index (χ0v) is 11.3. The minimum atomic E-state index is 0.225. The van der Waals surface area contributed by atoms with Crippen molar-refractivity contribution in [3.8, 4) is 0 Å². The second kappa shape index (κ2) is 5.08. The third-order valence-corrected chi connectivity index (χ3v) is 4.01. The van der Waals surface area contributed by atoms with Gasteiger partial charge >= 0.3 is 0 Å². The first-order valence-electron chi connectivity index (χ1n) is 7.08. The molecule has 19 heavy (non-hydrogen) atoms. The molecule has 0 unspecified atom stereocenters. The Labute approximate surface area is 113 Å². The van der Waals surface area contributed by atoms with Crippen LogP contribution in [0.25, 0.3) is 10.9 Å². The highest BCUT2D eigenvalue weighted by molar-refractivity contribution is 5.82. The molecule has 0 aliphatic heterocycles. The highest BCUT2D eigenvalue weighted by atomic mass is 16.1. The maximum atomic E-state index is 12.0. The lowest BCUT2D eigenvalue weighted by Gasteiger charge is -2.10. The predicted molar refractivity (Wildman–Crippen MR) is 76.8 cm³/mol. The van der Waals surface area contributed by atoms with Crippen molar-refractivity contribution in [2.75, 3.05) is 0 Å². The molecular weight excluding hydrogens is 236 g/mol. The van der Waals surface area contributed by atoms with Crippen molar-refractivity contribution in [1.82, 2.24) is 10.3 Å². The summed E-state index contributed by atoms with van der Waals surface area (Å²) >= 11 is 0. The molecule has 1 aromatic carbocycles. The quantitative estimate of drug-likeness (QED) is 0.869. The van der Waals surface area contributed by atoms with Crippen LogP contribution in [0.4, 0.5) is 0 Å². The Morgan fingerprint density at radius 1 is 1.32 bits per heavy atom. The van der Waals surface area contributed by atoms with Crippen LogP contribution in [0, 0.1) is 12.8 Å². The molecule has 0 saturated heterocycles. The molecule has 0 radical (unpaired) electrons. The van der Waals surface area contributed by atoms with Gasteiger partial charge in [-0.25, -0.2) is 0 Å². The molecule has 0 bridgehead atoms. The van der Waals surface area contributed by atoms with Crippen LogP contribution in [-0.4, -0.2) is 10.9 Å². The lowest BCUT2D eigenvalue weighted by molar-refractivity contribution is -0.124. The Hall–Kier alpha value is -1.77. The van der Waals surface area contributed by atoms with Crippen molar-refractivity contribution < 1.29 is 4.79 Å². The fourth-order valence-electron chi connectivity index (χ4n) is 2.96. The van der Waals surface area contributed by atoms with Gasteiger partial charge in [0.2, 0.25) is 5.91 Å². The van der Waals surface area contributed by atoms with Crippen LogP contribution in [0.1, 0.15) is 36.9 Å². The first-order chi connectivity index (χ1) is 9.22. The molecule has 1 heterocycles. The molecule has 0 spiro atoms. The van der Waals surface area contributed by atoms with Crippen LogP contribution in [0.15, 0.2) is 24.3 Å². The van der Waals surface area contributed by atoms with E-state index in [1.807, 2.05) is 0 Å². The lowest BCUT2D eigenvalue weighted by Crippen LogP contribution is -2.28. The Morgan fingerprint density at radius 3 is 2.89 bits per heavy atom. The van der Waals surface area contributed by atoms with Gasteiger partial charge in [-0.3, -0.25) is 4.79 Å². The number of rotatable bonds is 3. The second-order valence-electron chi connectivity index (χ2n) is 5.57. The molecule has 3 heteroatoms. The first kappa shape index (κ1) is 12.3. The average Bonchev–Trinajstić information content (AvgIpc) is 3.03. The molecule has 3 rings (SSSR count). The number of aromatic nitrogens is 1. The van der Waals surface area contributed by atoms with Gasteiger partial charge in [0, 0.05) is 23.7 Å². The zero-order chi connectivity index (χ0) is 13.2. The summed E-state index contributed by atoms with van der Waals surface area (Å²) in [7, 11) is 0. The van der Waals surface area contributed by atoms with E-state index in [-0.39, 0.29) is 11.8 Å². The highest BCUT2D eigenvalue weighted by Gasteiger charge is 2.22. The normalized spacial score (nSPS) is 16.1. The van der Waals surface area contributed by atoms with Gasteiger partial charge in [0.1, 0.15) is 0 Å². The Bertz CT molecular complexity index is 594. The smallest absolute Gasteiger partial charge is 0.223 e. The van der Waals surface area contributed by atoms with Gasteiger partial charge in [0.25, 0.3) is 0 Å². The van der Waals surface area contributed by atoms with Gasteiger partial charge in [0.05, 0.1) is 0 Å². The Balaban J connectivity index is 1.65. The summed E-state index contributed by atoms with van der Waals surface area (Å²) in [5.74, 6) is 0.473. The molecule has 1 aliphatic rings. The molecule has 1 saturated carbocycles. The lowest BCUT2D eigenvalue weighted by atomic mass is 10.1. The van der Waals surface area contributed by atoms with Crippen LogP contribution in [-0.2, 0) is 11.3 Å². The average molecular weight is 256 g/mol. The molecule has 1 aliphatic carbocycles. The van der Waals surface area contributed by atoms with E-state index < -0.39 is 0 Å². The van der Waals surface area contributed by atoms with Crippen molar-refractivity contribution in [2.24, 2.45) is 5.92 Å². The van der Waals surface area contributed by atoms with Crippen LogP contribution in [0.5, 0.6) is 0 Å². The monoisotopic (exact) mass is 256 g/mol. The van der Waals surface area contributed by atoms with E-state index in [9.17, 15) is 4.79 Å². The van der Waals surface area contributed by atoms with E-state index in [1.54, 1.807) is 0 Å². The third kappa shape index (κ3) is 2.65. The zero-order valence-electron chi connectivity index (χ0n) is 11.3. The number of aromatic amines is 1. The minimum absolute atomic E-state index is 0.225. The SMILES string of the molecule is Cc1cc2cc(CNC(=O)C3CCCC3)ccc2[nH]1. The summed E-state index contributed by atoms with van der Waals surface area (Å²) in [6, 6.07) is 8.44. The van der Waals surface area contributed by atoms with Gasteiger partial charge in [-0.2, -0.15) is 0 Å². The van der Waals surface area contributed by atoms with Crippen LogP contribution in [0.2, 0.25) is 0 Å². The number of hydrogen-bond donors (Lipinski definition) is 2. The van der Waals surface area contributed by atoms with Crippen LogP contribution < -0.4 is 5.32 Å². The maximum Gasteiger partial charge on any atom is 0.223 e. The number of nitrogens with one attached hydrogen (secondary N) is 2. The first-order valence-corrected chi connectivity index (χ1v) is 7.08. The minimum Gasteiger partial charge on any atom is -0.359 e. The molecule has 100 valence electrons. The van der Waals surface area contributed by atoms with Gasteiger partial charge in [-0.15, -0.1) is 0 Å². The van der Waals surface area contributed by atoms with Crippen LogP contribution in [0.3, 0.4) is 0 Å². The molecule has 1 aromatic heterocycles. The fourth-order valence-corrected chi connectivity index (χ4v) is 2.96. The number of benzene rings is 1. The standard InChI is InChI=1S/C16H20N2O/c1-11-8-14-9-12(6-7-15(14)18-11)10-17-16(19)13-4-2-3-5-13/h6-9,13,18H,2-5,10H2,1H3,(H,17,19). The van der Waals surface area contributed by atoms with Crippen LogP contribution >= 0.6 is 0 Å². The van der Waals surface area contributed by atoms with Crippen molar-refractivity contribution in [1.29, 1.82) is 0 Å². The Kier molecular flexibility index (Phi) is 3.28. The number of carbonyl (C=O) groups is 1. The van der Waals surface area contributed by atoms with Gasteiger partial charge < -0.3 is 10.3 Å². The molecule has 2 aromatic rings. The predicted octanol–water partition coefficient (Wildman–Crippen LogP) is 3.28. The molecular formula is C16H20N2O.